The second-order valence-electron chi connectivity index (χ2n) is 4.23. The monoisotopic (exact) mass is 305 g/mol. The summed E-state index contributed by atoms with van der Waals surface area (Å²) in [6, 6.07) is 3.90. The van der Waals surface area contributed by atoms with E-state index in [0.29, 0.717) is 0 Å². The maximum Gasteiger partial charge on any atom is 0.355 e. The number of rotatable bonds is 4. The lowest BCUT2D eigenvalue weighted by atomic mass is 10.3. The molecule has 0 bridgehead atoms. The smallest absolute Gasteiger partial charge is 0.355 e. The fourth-order valence-electron chi connectivity index (χ4n) is 1.86. The van der Waals surface area contributed by atoms with Crippen molar-refractivity contribution >= 4 is 44.5 Å². The van der Waals surface area contributed by atoms with Crippen molar-refractivity contribution in [2.24, 2.45) is 0 Å². The molecule has 0 saturated carbocycles. The number of thiazole rings is 1. The lowest BCUT2D eigenvalue weighted by molar-refractivity contribution is 0.0691. The SMILES string of the molecule is CC(Nc1nccc2sccc12)c1nc(C(=O)O)cs1. The number of nitrogens with one attached hydrogen (secondary N) is 1. The van der Waals surface area contributed by atoms with E-state index in [1.807, 2.05) is 24.4 Å². The normalized spacial score (nSPS) is 12.4. The molecular weight excluding hydrogens is 294 g/mol. The summed E-state index contributed by atoms with van der Waals surface area (Å²) in [5, 5.41) is 17.6. The lowest BCUT2D eigenvalue weighted by Crippen LogP contribution is -2.08. The Morgan fingerprint density at radius 2 is 2.25 bits per heavy atom. The third kappa shape index (κ3) is 2.37. The van der Waals surface area contributed by atoms with Gasteiger partial charge in [-0.15, -0.1) is 22.7 Å². The van der Waals surface area contributed by atoms with Crippen LogP contribution in [0.2, 0.25) is 0 Å². The van der Waals surface area contributed by atoms with E-state index < -0.39 is 5.97 Å². The van der Waals surface area contributed by atoms with E-state index in [1.165, 1.54) is 16.0 Å². The molecule has 102 valence electrons. The molecule has 2 N–H and O–H groups in total. The Bertz CT molecular complexity index is 766. The number of hydrogen-bond donors (Lipinski definition) is 2. The summed E-state index contributed by atoms with van der Waals surface area (Å²) in [6.07, 6.45) is 1.76. The molecular formula is C13H11N3O2S2. The highest BCUT2D eigenvalue weighted by atomic mass is 32.1. The van der Waals surface area contributed by atoms with Gasteiger partial charge >= 0.3 is 5.97 Å². The third-order valence-corrected chi connectivity index (χ3v) is 4.75. The average molecular weight is 305 g/mol. The Labute approximate surface area is 122 Å². The molecule has 3 heterocycles. The molecule has 5 nitrogen and oxygen atoms in total. The van der Waals surface area contributed by atoms with Crippen molar-refractivity contribution in [1.29, 1.82) is 0 Å². The predicted octanol–water partition coefficient (Wildman–Crippen LogP) is 3.62. The van der Waals surface area contributed by atoms with Crippen molar-refractivity contribution in [2.75, 3.05) is 5.32 Å². The highest BCUT2D eigenvalue weighted by Crippen LogP contribution is 2.29. The van der Waals surface area contributed by atoms with Gasteiger partial charge in [-0.3, -0.25) is 0 Å². The quantitative estimate of drug-likeness (QED) is 0.770. The maximum atomic E-state index is 10.8. The first-order valence-corrected chi connectivity index (χ1v) is 7.68. The summed E-state index contributed by atoms with van der Waals surface area (Å²) in [7, 11) is 0. The molecule has 1 unspecified atom stereocenters. The van der Waals surface area contributed by atoms with Gasteiger partial charge in [0.05, 0.1) is 6.04 Å². The molecule has 0 amide bonds. The number of carbonyl (C=O) groups is 1. The van der Waals surface area contributed by atoms with Crippen molar-refractivity contribution in [3.05, 3.63) is 39.8 Å². The maximum absolute atomic E-state index is 10.8. The highest BCUT2D eigenvalue weighted by Gasteiger charge is 2.15. The van der Waals surface area contributed by atoms with Crippen LogP contribution in [-0.4, -0.2) is 21.0 Å². The summed E-state index contributed by atoms with van der Waals surface area (Å²) in [4.78, 5) is 19.3. The van der Waals surface area contributed by atoms with Crippen LogP contribution in [0.1, 0.15) is 28.5 Å². The second kappa shape index (κ2) is 5.18. The zero-order chi connectivity index (χ0) is 14.1. The minimum absolute atomic E-state index is 0.0837. The zero-order valence-electron chi connectivity index (χ0n) is 10.5. The molecule has 1 atom stereocenters. The molecule has 0 spiro atoms. The molecule has 0 radical (unpaired) electrons. The molecule has 7 heteroatoms. The first-order chi connectivity index (χ1) is 9.65. The largest absolute Gasteiger partial charge is 0.476 e. The number of nitrogens with zero attached hydrogens (tertiary/aromatic N) is 2. The van der Waals surface area contributed by atoms with Crippen LogP contribution in [0.4, 0.5) is 5.82 Å². The van der Waals surface area contributed by atoms with E-state index in [2.05, 4.69) is 15.3 Å². The van der Waals surface area contributed by atoms with E-state index in [-0.39, 0.29) is 11.7 Å². The first kappa shape index (κ1) is 13.0. The summed E-state index contributed by atoms with van der Waals surface area (Å²) in [5.74, 6) is -0.207. The first-order valence-electron chi connectivity index (χ1n) is 5.92. The fraction of sp³-hybridized carbons (Fsp3) is 0.154. The van der Waals surface area contributed by atoms with E-state index in [9.17, 15) is 4.79 Å². The number of carboxylic acid groups (broad SMARTS) is 1. The Morgan fingerprint density at radius 1 is 1.40 bits per heavy atom. The summed E-state index contributed by atoms with van der Waals surface area (Å²) >= 11 is 2.99. The van der Waals surface area contributed by atoms with Gasteiger partial charge in [0, 0.05) is 21.7 Å². The summed E-state index contributed by atoms with van der Waals surface area (Å²) in [5.41, 5.74) is 0.0837. The number of pyridine rings is 1. The Balaban J connectivity index is 1.86. The Kier molecular flexibility index (Phi) is 3.37. The molecule has 3 rings (SSSR count). The number of aromatic carboxylic acids is 1. The van der Waals surface area contributed by atoms with Crippen LogP contribution in [0.15, 0.2) is 29.1 Å². The van der Waals surface area contributed by atoms with Gasteiger partial charge in [-0.05, 0) is 24.4 Å². The van der Waals surface area contributed by atoms with Crippen LogP contribution in [0.25, 0.3) is 10.1 Å². The van der Waals surface area contributed by atoms with Gasteiger partial charge in [0.15, 0.2) is 5.69 Å². The van der Waals surface area contributed by atoms with Gasteiger partial charge in [0.2, 0.25) is 0 Å². The van der Waals surface area contributed by atoms with Gasteiger partial charge in [-0.1, -0.05) is 0 Å². The van der Waals surface area contributed by atoms with Crippen molar-refractivity contribution in [1.82, 2.24) is 9.97 Å². The number of anilines is 1. The Morgan fingerprint density at radius 3 is 3.00 bits per heavy atom. The molecule has 0 aliphatic carbocycles. The van der Waals surface area contributed by atoms with Crippen molar-refractivity contribution < 1.29 is 9.90 Å². The van der Waals surface area contributed by atoms with Gasteiger partial charge in [0.1, 0.15) is 10.8 Å². The van der Waals surface area contributed by atoms with Crippen LogP contribution < -0.4 is 5.32 Å². The van der Waals surface area contributed by atoms with Crippen molar-refractivity contribution in [2.45, 2.75) is 13.0 Å². The van der Waals surface area contributed by atoms with Crippen LogP contribution in [0.5, 0.6) is 0 Å². The molecule has 3 aromatic rings. The molecule has 0 aromatic carbocycles. The van der Waals surface area contributed by atoms with Gasteiger partial charge < -0.3 is 10.4 Å². The molecule has 3 aromatic heterocycles. The molecule has 0 saturated heterocycles. The van der Waals surface area contributed by atoms with Crippen LogP contribution >= 0.6 is 22.7 Å². The topological polar surface area (TPSA) is 75.1 Å². The number of carboxylic acids is 1. The van der Waals surface area contributed by atoms with Crippen LogP contribution in [0.3, 0.4) is 0 Å². The second-order valence-corrected chi connectivity index (χ2v) is 6.07. The number of fused-ring (bicyclic) bond motifs is 1. The number of aromatic nitrogens is 2. The van der Waals surface area contributed by atoms with E-state index in [1.54, 1.807) is 22.9 Å². The molecule has 0 aliphatic rings. The minimum atomic E-state index is -1.00. The predicted molar refractivity (Wildman–Crippen MR) is 80.7 cm³/mol. The van der Waals surface area contributed by atoms with Crippen molar-refractivity contribution in [3.63, 3.8) is 0 Å². The molecule has 20 heavy (non-hydrogen) atoms. The van der Waals surface area contributed by atoms with Crippen LogP contribution in [-0.2, 0) is 0 Å². The van der Waals surface area contributed by atoms with E-state index in [4.69, 9.17) is 5.11 Å². The minimum Gasteiger partial charge on any atom is -0.476 e. The van der Waals surface area contributed by atoms with Gasteiger partial charge in [0.25, 0.3) is 0 Å². The summed E-state index contributed by atoms with van der Waals surface area (Å²) in [6.45, 7) is 1.94. The molecule has 0 aliphatic heterocycles. The lowest BCUT2D eigenvalue weighted by Gasteiger charge is -2.12. The zero-order valence-corrected chi connectivity index (χ0v) is 12.2. The number of thiophene rings is 1. The third-order valence-electron chi connectivity index (χ3n) is 2.84. The standard InChI is InChI=1S/C13H11N3O2S2/c1-7(12-16-9(6-20-12)13(17)18)15-11-8-3-5-19-10(8)2-4-14-11/h2-7H,1H3,(H,14,15)(H,17,18). The van der Waals surface area contributed by atoms with Crippen LogP contribution in [0, 0.1) is 0 Å². The Hall–Kier alpha value is -1.99. The van der Waals surface area contributed by atoms with E-state index in [0.717, 1.165) is 16.2 Å². The highest BCUT2D eigenvalue weighted by molar-refractivity contribution is 7.17. The van der Waals surface area contributed by atoms with Gasteiger partial charge in [-0.25, -0.2) is 14.8 Å². The number of hydrogen-bond acceptors (Lipinski definition) is 6. The average Bonchev–Trinajstić information content (AvgIpc) is 3.08. The molecule has 0 fully saturated rings. The van der Waals surface area contributed by atoms with Gasteiger partial charge in [-0.2, -0.15) is 0 Å². The van der Waals surface area contributed by atoms with Crippen molar-refractivity contribution in [3.8, 4) is 0 Å². The summed E-state index contributed by atoms with van der Waals surface area (Å²) < 4.78 is 1.17. The van der Waals surface area contributed by atoms with E-state index >= 15 is 0 Å². The fourth-order valence-corrected chi connectivity index (χ4v) is 3.44.